The minimum atomic E-state index is -0.0716. The normalized spacial score (nSPS) is 14.7. The quantitative estimate of drug-likeness (QED) is 0.383. The number of aromatic nitrogens is 3. The molecule has 1 aromatic carbocycles. The Morgan fingerprint density at radius 3 is 2.61 bits per heavy atom. The van der Waals surface area contributed by atoms with E-state index in [9.17, 15) is 4.79 Å². The zero-order chi connectivity index (χ0) is 25.5. The maximum atomic E-state index is 10.7. The first-order valence-corrected chi connectivity index (χ1v) is 12.3. The molecule has 1 fully saturated rings. The van der Waals surface area contributed by atoms with E-state index in [-0.39, 0.29) is 6.10 Å². The monoisotopic (exact) mass is 514 g/mol. The number of piperazine rings is 1. The fourth-order valence-corrected chi connectivity index (χ4v) is 4.14. The van der Waals surface area contributed by atoms with Crippen LogP contribution in [0.4, 0.5) is 11.6 Å². The van der Waals surface area contributed by atoms with Crippen molar-refractivity contribution in [2.75, 3.05) is 58.3 Å². The number of pyridine rings is 1. The third kappa shape index (κ3) is 6.51. The summed E-state index contributed by atoms with van der Waals surface area (Å²) in [5.41, 5.74) is 0.669. The Hall–Kier alpha value is -3.21. The van der Waals surface area contributed by atoms with Crippen molar-refractivity contribution in [1.82, 2.24) is 24.8 Å². The van der Waals surface area contributed by atoms with Gasteiger partial charge >= 0.3 is 0 Å². The van der Waals surface area contributed by atoms with E-state index >= 15 is 0 Å². The van der Waals surface area contributed by atoms with Crippen LogP contribution in [0.3, 0.4) is 0 Å². The number of nitrogens with zero attached hydrogens (tertiary/aromatic N) is 5. The molecule has 1 aliphatic rings. The molecule has 1 aliphatic heterocycles. The average Bonchev–Trinajstić information content (AvgIpc) is 2.86. The molecule has 36 heavy (non-hydrogen) atoms. The Morgan fingerprint density at radius 1 is 1.11 bits per heavy atom. The first kappa shape index (κ1) is 25.9. The number of ether oxygens (including phenoxy) is 3. The van der Waals surface area contributed by atoms with Crippen molar-refractivity contribution < 1.29 is 19.0 Å². The highest BCUT2D eigenvalue weighted by Crippen LogP contribution is 2.37. The smallest absolute Gasteiger partial charge is 0.214 e. The molecule has 192 valence electrons. The van der Waals surface area contributed by atoms with Crippen molar-refractivity contribution in [2.24, 2.45) is 0 Å². The van der Waals surface area contributed by atoms with Crippen LogP contribution in [-0.2, 0) is 4.79 Å². The first-order chi connectivity index (χ1) is 17.5. The standard InChI is InChI=1S/C25H31ClN6O4/c1-17(2)36-21-15-18(35-13-11-32-8-6-31(7-9-32)10-12-33)14-20-23(21)25(28-16-27-20)30-24-19(26)4-5-22(29-24)34-3/h4-5,12,14-17H,6-11,13H2,1-3H3,(H,27,28,29,30). The number of rotatable bonds is 11. The predicted molar refractivity (Wildman–Crippen MR) is 139 cm³/mol. The van der Waals surface area contributed by atoms with Gasteiger partial charge in [0, 0.05) is 50.9 Å². The summed E-state index contributed by atoms with van der Waals surface area (Å²) in [7, 11) is 1.55. The summed E-state index contributed by atoms with van der Waals surface area (Å²) >= 11 is 6.35. The van der Waals surface area contributed by atoms with Crippen LogP contribution in [-0.4, -0.2) is 90.1 Å². The summed E-state index contributed by atoms with van der Waals surface area (Å²) in [5.74, 6) is 2.62. The zero-order valence-electron chi connectivity index (χ0n) is 20.7. The van der Waals surface area contributed by atoms with Crippen LogP contribution in [0.25, 0.3) is 10.9 Å². The van der Waals surface area contributed by atoms with Gasteiger partial charge in [0.05, 0.1) is 35.7 Å². The first-order valence-electron chi connectivity index (χ1n) is 11.9. The molecule has 0 unspecified atom stereocenters. The van der Waals surface area contributed by atoms with Gasteiger partial charge in [-0.2, -0.15) is 4.98 Å². The van der Waals surface area contributed by atoms with Gasteiger partial charge in [-0.1, -0.05) is 11.6 Å². The maximum Gasteiger partial charge on any atom is 0.214 e. The van der Waals surface area contributed by atoms with Crippen molar-refractivity contribution in [3.63, 3.8) is 0 Å². The van der Waals surface area contributed by atoms with Crippen LogP contribution in [0, 0.1) is 0 Å². The third-order valence-corrected chi connectivity index (χ3v) is 6.08. The summed E-state index contributed by atoms with van der Waals surface area (Å²) in [4.78, 5) is 28.5. The van der Waals surface area contributed by atoms with Crippen molar-refractivity contribution in [3.05, 3.63) is 35.6 Å². The highest BCUT2D eigenvalue weighted by molar-refractivity contribution is 6.33. The summed E-state index contributed by atoms with van der Waals surface area (Å²) in [6.45, 7) is 9.35. The van der Waals surface area contributed by atoms with Gasteiger partial charge in [0.2, 0.25) is 5.88 Å². The van der Waals surface area contributed by atoms with Crippen LogP contribution < -0.4 is 19.5 Å². The number of carbonyl (C=O) groups is 1. The van der Waals surface area contributed by atoms with E-state index in [0.29, 0.717) is 58.1 Å². The van der Waals surface area contributed by atoms with E-state index in [1.54, 1.807) is 19.2 Å². The lowest BCUT2D eigenvalue weighted by Crippen LogP contribution is -2.47. The lowest BCUT2D eigenvalue weighted by Gasteiger charge is -2.33. The molecule has 3 heterocycles. The zero-order valence-corrected chi connectivity index (χ0v) is 21.5. The number of anilines is 2. The molecule has 4 rings (SSSR count). The van der Waals surface area contributed by atoms with Crippen molar-refractivity contribution in [3.8, 4) is 17.4 Å². The fraction of sp³-hybridized carbons (Fsp3) is 0.440. The summed E-state index contributed by atoms with van der Waals surface area (Å²) in [6, 6.07) is 7.13. The molecule has 0 atom stereocenters. The molecule has 11 heteroatoms. The van der Waals surface area contributed by atoms with Crippen LogP contribution in [0.5, 0.6) is 17.4 Å². The van der Waals surface area contributed by atoms with E-state index in [0.717, 1.165) is 39.0 Å². The van der Waals surface area contributed by atoms with Gasteiger partial charge in [-0.25, -0.2) is 9.97 Å². The minimum Gasteiger partial charge on any atom is -0.492 e. The average molecular weight is 515 g/mol. The molecular formula is C25H31ClN6O4. The summed E-state index contributed by atoms with van der Waals surface area (Å²) in [5, 5.41) is 4.33. The highest BCUT2D eigenvalue weighted by Gasteiger charge is 2.18. The fourth-order valence-electron chi connectivity index (χ4n) is 3.99. The van der Waals surface area contributed by atoms with Gasteiger partial charge in [-0.15, -0.1) is 0 Å². The van der Waals surface area contributed by atoms with Gasteiger partial charge < -0.3 is 24.3 Å². The Bertz CT molecular complexity index is 1190. The molecule has 0 bridgehead atoms. The molecule has 0 saturated carbocycles. The summed E-state index contributed by atoms with van der Waals surface area (Å²) in [6.07, 6.45) is 2.36. The lowest BCUT2D eigenvalue weighted by molar-refractivity contribution is -0.109. The highest BCUT2D eigenvalue weighted by atomic mass is 35.5. The van der Waals surface area contributed by atoms with E-state index in [1.165, 1.54) is 6.33 Å². The number of methoxy groups -OCH3 is 1. The summed E-state index contributed by atoms with van der Waals surface area (Å²) < 4.78 is 17.5. The van der Waals surface area contributed by atoms with E-state index in [1.807, 2.05) is 26.0 Å². The molecule has 1 saturated heterocycles. The third-order valence-electron chi connectivity index (χ3n) is 5.78. The molecule has 2 aromatic heterocycles. The van der Waals surface area contributed by atoms with Crippen LogP contribution in [0.1, 0.15) is 13.8 Å². The van der Waals surface area contributed by atoms with Crippen LogP contribution >= 0.6 is 11.6 Å². The second kappa shape index (κ2) is 12.2. The number of nitrogens with one attached hydrogen (secondary N) is 1. The van der Waals surface area contributed by atoms with Crippen LogP contribution in [0.15, 0.2) is 30.6 Å². The number of hydrogen-bond acceptors (Lipinski definition) is 10. The SMILES string of the molecule is COc1ccc(Cl)c(Nc2ncnc3cc(OCCN4CCN(CC=O)CC4)cc(OC(C)C)c23)n1. The topological polar surface area (TPSA) is 102 Å². The Balaban J connectivity index is 1.53. The Morgan fingerprint density at radius 2 is 1.89 bits per heavy atom. The Kier molecular flexibility index (Phi) is 8.74. The number of halogens is 1. The maximum absolute atomic E-state index is 10.7. The molecular weight excluding hydrogens is 484 g/mol. The number of aldehydes is 1. The number of carbonyl (C=O) groups excluding carboxylic acids is 1. The van der Waals surface area contributed by atoms with Gasteiger partial charge in [0.25, 0.3) is 0 Å². The molecule has 1 N–H and O–H groups in total. The van der Waals surface area contributed by atoms with E-state index < -0.39 is 0 Å². The minimum absolute atomic E-state index is 0.0716. The van der Waals surface area contributed by atoms with Gasteiger partial charge in [-0.3, -0.25) is 9.80 Å². The van der Waals surface area contributed by atoms with Crippen molar-refractivity contribution in [1.29, 1.82) is 0 Å². The van der Waals surface area contributed by atoms with Crippen molar-refractivity contribution >= 4 is 40.4 Å². The number of hydrogen-bond donors (Lipinski definition) is 1. The Labute approximate surface area is 215 Å². The number of benzene rings is 1. The van der Waals surface area contributed by atoms with Crippen LogP contribution in [0.2, 0.25) is 5.02 Å². The van der Waals surface area contributed by atoms with Gasteiger partial charge in [0.15, 0.2) is 5.82 Å². The number of fused-ring (bicyclic) bond motifs is 1. The van der Waals surface area contributed by atoms with Crippen molar-refractivity contribution in [2.45, 2.75) is 20.0 Å². The molecule has 10 nitrogen and oxygen atoms in total. The molecule has 3 aromatic rings. The predicted octanol–water partition coefficient (Wildman–Crippen LogP) is 3.41. The van der Waals surface area contributed by atoms with E-state index in [4.69, 9.17) is 25.8 Å². The lowest BCUT2D eigenvalue weighted by atomic mass is 10.2. The van der Waals surface area contributed by atoms with Gasteiger partial charge in [0.1, 0.15) is 36.5 Å². The molecule has 0 amide bonds. The van der Waals surface area contributed by atoms with Gasteiger partial charge in [-0.05, 0) is 19.9 Å². The molecule has 0 aliphatic carbocycles. The molecule has 0 spiro atoms. The van der Waals surface area contributed by atoms with E-state index in [2.05, 4.69) is 30.1 Å². The second-order valence-electron chi connectivity index (χ2n) is 8.67. The second-order valence-corrected chi connectivity index (χ2v) is 9.08. The largest absolute Gasteiger partial charge is 0.492 e. The molecule has 0 radical (unpaired) electrons.